The zero-order valence-electron chi connectivity index (χ0n) is 21.6. The van der Waals surface area contributed by atoms with Crippen molar-refractivity contribution in [3.63, 3.8) is 0 Å². The number of carbonyl (C=O) groups is 2. The summed E-state index contributed by atoms with van der Waals surface area (Å²) in [5.41, 5.74) is 0.815. The van der Waals surface area contributed by atoms with Crippen LogP contribution in [0.15, 0.2) is 83.8 Å². The first-order valence-corrected chi connectivity index (χ1v) is 14.6. The molecule has 1 aliphatic rings. The molecular weight excluding hydrogens is 541 g/mol. The number of carbonyl (C=O) groups excluding carboxylic acids is 2. The monoisotopic (exact) mass is 571 g/mol. The second kappa shape index (κ2) is 12.6. The average molecular weight is 572 g/mol. The van der Waals surface area contributed by atoms with Gasteiger partial charge >= 0.3 is 0 Å². The molecule has 0 saturated heterocycles. The first-order valence-electron chi connectivity index (χ1n) is 12.8. The molecule has 10 heteroatoms. The van der Waals surface area contributed by atoms with E-state index in [4.69, 9.17) is 11.6 Å². The van der Waals surface area contributed by atoms with Crippen LogP contribution in [0.25, 0.3) is 0 Å². The van der Waals surface area contributed by atoms with Gasteiger partial charge in [0, 0.05) is 17.6 Å². The van der Waals surface area contributed by atoms with E-state index in [2.05, 4.69) is 5.32 Å². The molecule has 3 aromatic rings. The van der Waals surface area contributed by atoms with E-state index >= 15 is 0 Å². The first-order chi connectivity index (χ1) is 18.6. The molecule has 0 bridgehead atoms. The van der Waals surface area contributed by atoms with Gasteiger partial charge in [-0.1, -0.05) is 60.8 Å². The number of sulfonamides is 1. The Bertz CT molecular complexity index is 1400. The summed E-state index contributed by atoms with van der Waals surface area (Å²) in [6.45, 7) is 1.04. The molecule has 1 N–H and O–H groups in total. The SMILES string of the molecule is C[C@H](C(=O)NC1CCCC1)N(Cc1ccc(F)cc1)C(=O)CN(c1cccc(Cl)c1)S(=O)(=O)c1ccccc1. The smallest absolute Gasteiger partial charge is 0.264 e. The van der Waals surface area contributed by atoms with Crippen LogP contribution < -0.4 is 9.62 Å². The highest BCUT2D eigenvalue weighted by Gasteiger charge is 2.33. The lowest BCUT2D eigenvalue weighted by Crippen LogP contribution is -2.52. The molecule has 0 spiro atoms. The molecule has 1 atom stereocenters. The van der Waals surface area contributed by atoms with Crippen LogP contribution in [-0.4, -0.2) is 43.8 Å². The summed E-state index contributed by atoms with van der Waals surface area (Å²) in [7, 11) is -4.17. The minimum absolute atomic E-state index is 0.00681. The van der Waals surface area contributed by atoms with Crippen LogP contribution in [-0.2, 0) is 26.2 Å². The van der Waals surface area contributed by atoms with E-state index in [1.54, 1.807) is 43.3 Å². The molecule has 0 heterocycles. The van der Waals surface area contributed by atoms with Crippen molar-refractivity contribution in [3.05, 3.63) is 95.3 Å². The van der Waals surface area contributed by atoms with Gasteiger partial charge < -0.3 is 10.2 Å². The largest absolute Gasteiger partial charge is 0.352 e. The lowest BCUT2D eigenvalue weighted by Gasteiger charge is -2.32. The maximum absolute atomic E-state index is 13.9. The number of anilines is 1. The van der Waals surface area contributed by atoms with E-state index in [1.807, 2.05) is 0 Å². The van der Waals surface area contributed by atoms with Crippen LogP contribution in [0.3, 0.4) is 0 Å². The Morgan fingerprint density at radius 1 is 1.00 bits per heavy atom. The fourth-order valence-electron chi connectivity index (χ4n) is 4.64. The molecule has 0 aliphatic heterocycles. The lowest BCUT2D eigenvalue weighted by molar-refractivity contribution is -0.139. The Labute approximate surface area is 233 Å². The number of nitrogens with one attached hydrogen (secondary N) is 1. The molecule has 1 fully saturated rings. The van der Waals surface area contributed by atoms with Crippen LogP contribution in [0.2, 0.25) is 5.02 Å². The van der Waals surface area contributed by atoms with E-state index in [0.29, 0.717) is 10.6 Å². The van der Waals surface area contributed by atoms with Crippen molar-refractivity contribution in [2.75, 3.05) is 10.8 Å². The van der Waals surface area contributed by atoms with Gasteiger partial charge in [-0.05, 0) is 67.8 Å². The number of amides is 2. The van der Waals surface area contributed by atoms with Gasteiger partial charge in [0.2, 0.25) is 11.8 Å². The molecule has 0 aromatic heterocycles. The standard InChI is InChI=1S/C29H31ClFN3O4S/c1-21(29(36)32-25-9-5-6-10-25)33(19-22-14-16-24(31)17-15-22)28(35)20-34(26-11-7-8-23(30)18-26)39(37,38)27-12-3-2-4-13-27/h2-4,7-8,11-18,21,25H,5-6,9-10,19-20H2,1H3,(H,32,36)/t21-/m1/s1. The molecule has 0 radical (unpaired) electrons. The fourth-order valence-corrected chi connectivity index (χ4v) is 6.25. The van der Waals surface area contributed by atoms with Gasteiger partial charge in [0.05, 0.1) is 10.6 Å². The summed E-state index contributed by atoms with van der Waals surface area (Å²) < 4.78 is 42.0. The van der Waals surface area contributed by atoms with Crippen LogP contribution in [0.5, 0.6) is 0 Å². The minimum atomic E-state index is -4.17. The van der Waals surface area contributed by atoms with Gasteiger partial charge in [0.15, 0.2) is 0 Å². The minimum Gasteiger partial charge on any atom is -0.352 e. The predicted octanol–water partition coefficient (Wildman–Crippen LogP) is 5.15. The molecule has 1 saturated carbocycles. The highest BCUT2D eigenvalue weighted by molar-refractivity contribution is 7.92. The Morgan fingerprint density at radius 2 is 1.67 bits per heavy atom. The molecule has 3 aromatic carbocycles. The van der Waals surface area contributed by atoms with E-state index in [-0.39, 0.29) is 29.1 Å². The van der Waals surface area contributed by atoms with Crippen molar-refractivity contribution < 1.29 is 22.4 Å². The van der Waals surface area contributed by atoms with E-state index in [0.717, 1.165) is 30.0 Å². The average Bonchev–Trinajstić information content (AvgIpc) is 3.44. The van der Waals surface area contributed by atoms with Gasteiger partial charge in [0.25, 0.3) is 10.0 Å². The number of halogens is 2. The number of hydrogen-bond acceptors (Lipinski definition) is 4. The Balaban J connectivity index is 1.67. The Morgan fingerprint density at radius 3 is 2.31 bits per heavy atom. The van der Waals surface area contributed by atoms with Crippen LogP contribution in [0, 0.1) is 5.82 Å². The van der Waals surface area contributed by atoms with Crippen LogP contribution in [0.1, 0.15) is 38.2 Å². The van der Waals surface area contributed by atoms with Crippen molar-refractivity contribution in [1.29, 1.82) is 0 Å². The highest BCUT2D eigenvalue weighted by atomic mass is 35.5. The molecule has 7 nitrogen and oxygen atoms in total. The maximum Gasteiger partial charge on any atom is 0.264 e. The molecule has 2 amide bonds. The number of hydrogen-bond donors (Lipinski definition) is 1. The van der Waals surface area contributed by atoms with Gasteiger partial charge in [-0.2, -0.15) is 0 Å². The zero-order valence-corrected chi connectivity index (χ0v) is 23.2. The Kier molecular flexibility index (Phi) is 9.24. The van der Waals surface area contributed by atoms with Gasteiger partial charge in [-0.15, -0.1) is 0 Å². The highest BCUT2D eigenvalue weighted by Crippen LogP contribution is 2.27. The van der Waals surface area contributed by atoms with Crippen molar-refractivity contribution in [2.45, 2.75) is 56.1 Å². The fraction of sp³-hybridized carbons (Fsp3) is 0.310. The topological polar surface area (TPSA) is 86.8 Å². The summed E-state index contributed by atoms with van der Waals surface area (Å²) >= 11 is 6.18. The second-order valence-electron chi connectivity index (χ2n) is 9.62. The molecule has 206 valence electrons. The molecule has 0 unspecified atom stereocenters. The van der Waals surface area contributed by atoms with Crippen molar-refractivity contribution in [2.24, 2.45) is 0 Å². The molecular formula is C29H31ClFN3O4S. The quantitative estimate of drug-likeness (QED) is 0.365. The summed E-state index contributed by atoms with van der Waals surface area (Å²) in [5, 5.41) is 3.32. The third-order valence-electron chi connectivity index (χ3n) is 6.84. The Hall–Kier alpha value is -3.43. The zero-order chi connectivity index (χ0) is 28.0. The van der Waals surface area contributed by atoms with E-state index in [9.17, 15) is 22.4 Å². The van der Waals surface area contributed by atoms with Crippen molar-refractivity contribution in [1.82, 2.24) is 10.2 Å². The van der Waals surface area contributed by atoms with Crippen LogP contribution in [0.4, 0.5) is 10.1 Å². The number of nitrogens with zero attached hydrogens (tertiary/aromatic N) is 2. The normalized spacial score (nSPS) is 14.5. The molecule has 4 rings (SSSR count). The van der Waals surface area contributed by atoms with Crippen LogP contribution >= 0.6 is 11.6 Å². The van der Waals surface area contributed by atoms with Crippen molar-refractivity contribution in [3.8, 4) is 0 Å². The summed E-state index contributed by atoms with van der Waals surface area (Å²) in [6.07, 6.45) is 3.82. The van der Waals surface area contributed by atoms with Gasteiger partial charge in [-0.3, -0.25) is 13.9 Å². The predicted molar refractivity (Wildman–Crippen MR) is 149 cm³/mol. The van der Waals surface area contributed by atoms with E-state index in [1.165, 1.54) is 47.4 Å². The molecule has 39 heavy (non-hydrogen) atoms. The third-order valence-corrected chi connectivity index (χ3v) is 8.86. The van der Waals surface area contributed by atoms with E-state index < -0.39 is 34.3 Å². The van der Waals surface area contributed by atoms with Crippen molar-refractivity contribution >= 4 is 39.1 Å². The summed E-state index contributed by atoms with van der Waals surface area (Å²) in [6, 6.07) is 18.8. The summed E-state index contributed by atoms with van der Waals surface area (Å²) in [4.78, 5) is 28.4. The van der Waals surface area contributed by atoms with Gasteiger partial charge in [-0.25, -0.2) is 12.8 Å². The van der Waals surface area contributed by atoms with Gasteiger partial charge in [0.1, 0.15) is 18.4 Å². The first kappa shape index (κ1) is 28.6. The molecule has 1 aliphatic carbocycles. The number of benzene rings is 3. The maximum atomic E-state index is 13.9. The third kappa shape index (κ3) is 7.16. The summed E-state index contributed by atoms with van der Waals surface area (Å²) in [5.74, 6) is -1.34. The number of rotatable bonds is 10. The lowest BCUT2D eigenvalue weighted by atomic mass is 10.1. The second-order valence-corrected chi connectivity index (χ2v) is 11.9.